The molecule has 3 aromatic rings. The lowest BCUT2D eigenvalue weighted by atomic mass is 9.97. The number of benzene rings is 2. The van der Waals surface area contributed by atoms with Crippen LogP contribution in [0, 0.1) is 29.9 Å². The molecular weight excluding hydrogens is 366 g/mol. The van der Waals surface area contributed by atoms with Gasteiger partial charge < -0.3 is 5.11 Å². The third-order valence-electron chi connectivity index (χ3n) is 4.40. The highest BCUT2D eigenvalue weighted by molar-refractivity contribution is 6.11. The standard InChI is InChI=1S/C21H14F2N2O3/c1-12-16(10-24)20(27)25(11-13-6-8-14(22)9-7-13)21(28)18(12)19(26)15-4-2-3-5-17(15)23/h2-9,28H,11H2,1H3. The Bertz CT molecular complexity index is 1180. The van der Waals surface area contributed by atoms with Crippen molar-refractivity contribution in [2.45, 2.75) is 13.5 Å². The lowest BCUT2D eigenvalue weighted by molar-refractivity contribution is 0.103. The van der Waals surface area contributed by atoms with Gasteiger partial charge in [0.25, 0.3) is 5.56 Å². The van der Waals surface area contributed by atoms with Crippen molar-refractivity contribution >= 4 is 5.78 Å². The Morgan fingerprint density at radius 2 is 1.79 bits per heavy atom. The van der Waals surface area contributed by atoms with Crippen LogP contribution < -0.4 is 5.56 Å². The number of rotatable bonds is 4. The number of ketones is 1. The van der Waals surface area contributed by atoms with Crippen molar-refractivity contribution in [2.24, 2.45) is 0 Å². The predicted molar refractivity (Wildman–Crippen MR) is 97.2 cm³/mol. The molecule has 1 N–H and O–H groups in total. The Morgan fingerprint density at radius 1 is 1.14 bits per heavy atom. The van der Waals surface area contributed by atoms with Gasteiger partial charge in [-0.3, -0.25) is 14.2 Å². The zero-order valence-corrected chi connectivity index (χ0v) is 14.7. The molecule has 0 bridgehead atoms. The Balaban J connectivity index is 2.22. The van der Waals surface area contributed by atoms with E-state index < -0.39 is 28.9 Å². The van der Waals surface area contributed by atoms with Gasteiger partial charge >= 0.3 is 0 Å². The van der Waals surface area contributed by atoms with Gasteiger partial charge in [0, 0.05) is 0 Å². The molecule has 28 heavy (non-hydrogen) atoms. The van der Waals surface area contributed by atoms with Crippen LogP contribution in [-0.4, -0.2) is 15.5 Å². The second-order valence-electron chi connectivity index (χ2n) is 6.14. The van der Waals surface area contributed by atoms with Crippen LogP contribution in [0.1, 0.15) is 32.6 Å². The topological polar surface area (TPSA) is 83.1 Å². The quantitative estimate of drug-likeness (QED) is 0.704. The van der Waals surface area contributed by atoms with Gasteiger partial charge in [0.15, 0.2) is 0 Å². The number of pyridine rings is 1. The Hall–Kier alpha value is -3.79. The normalized spacial score (nSPS) is 10.5. The molecule has 0 aliphatic rings. The van der Waals surface area contributed by atoms with Crippen molar-refractivity contribution in [1.82, 2.24) is 4.57 Å². The van der Waals surface area contributed by atoms with Gasteiger partial charge in [-0.2, -0.15) is 5.26 Å². The molecule has 0 unspecified atom stereocenters. The summed E-state index contributed by atoms with van der Waals surface area (Å²) in [4.78, 5) is 25.5. The zero-order chi connectivity index (χ0) is 20.4. The summed E-state index contributed by atoms with van der Waals surface area (Å²) >= 11 is 0. The van der Waals surface area contributed by atoms with E-state index in [-0.39, 0.29) is 28.8 Å². The summed E-state index contributed by atoms with van der Waals surface area (Å²) in [6.07, 6.45) is 0. The summed E-state index contributed by atoms with van der Waals surface area (Å²) in [5, 5.41) is 20.0. The van der Waals surface area contributed by atoms with Gasteiger partial charge in [0.05, 0.1) is 17.7 Å². The molecule has 1 heterocycles. The van der Waals surface area contributed by atoms with Crippen molar-refractivity contribution in [2.75, 3.05) is 0 Å². The van der Waals surface area contributed by atoms with Crippen LogP contribution in [0.15, 0.2) is 53.3 Å². The molecule has 0 saturated carbocycles. The number of aromatic hydroxyl groups is 1. The highest BCUT2D eigenvalue weighted by atomic mass is 19.1. The molecule has 5 nitrogen and oxygen atoms in total. The second-order valence-corrected chi connectivity index (χ2v) is 6.14. The molecule has 3 rings (SSSR count). The van der Waals surface area contributed by atoms with E-state index in [1.807, 2.05) is 0 Å². The van der Waals surface area contributed by atoms with E-state index in [0.29, 0.717) is 5.56 Å². The van der Waals surface area contributed by atoms with Gasteiger partial charge in [-0.15, -0.1) is 0 Å². The highest BCUT2D eigenvalue weighted by Crippen LogP contribution is 2.26. The van der Waals surface area contributed by atoms with Gasteiger partial charge in [0.2, 0.25) is 11.7 Å². The number of carbonyl (C=O) groups is 1. The molecule has 7 heteroatoms. The van der Waals surface area contributed by atoms with Crippen molar-refractivity contribution in [3.05, 3.63) is 98.3 Å². The number of nitriles is 1. The zero-order valence-electron chi connectivity index (χ0n) is 14.7. The predicted octanol–water partition coefficient (Wildman–Crippen LogP) is 3.29. The van der Waals surface area contributed by atoms with Crippen molar-refractivity contribution in [3.8, 4) is 11.9 Å². The van der Waals surface area contributed by atoms with Crippen LogP contribution in [0.4, 0.5) is 8.78 Å². The Morgan fingerprint density at radius 3 is 2.39 bits per heavy atom. The number of halogens is 2. The van der Waals surface area contributed by atoms with E-state index >= 15 is 0 Å². The summed E-state index contributed by atoms with van der Waals surface area (Å²) in [7, 11) is 0. The summed E-state index contributed by atoms with van der Waals surface area (Å²) in [6, 6.07) is 12.1. The summed E-state index contributed by atoms with van der Waals surface area (Å²) in [5.41, 5.74) is -1.32. The third kappa shape index (κ3) is 3.28. The monoisotopic (exact) mass is 380 g/mol. The number of hydrogen-bond acceptors (Lipinski definition) is 4. The number of hydrogen-bond donors (Lipinski definition) is 1. The molecule has 0 aliphatic carbocycles. The van der Waals surface area contributed by atoms with Crippen LogP contribution in [0.5, 0.6) is 5.88 Å². The van der Waals surface area contributed by atoms with E-state index in [1.54, 1.807) is 6.07 Å². The Kier molecular flexibility index (Phi) is 5.05. The summed E-state index contributed by atoms with van der Waals surface area (Å²) < 4.78 is 28.0. The van der Waals surface area contributed by atoms with E-state index in [1.165, 1.54) is 49.4 Å². The van der Waals surface area contributed by atoms with Gasteiger partial charge in [-0.1, -0.05) is 24.3 Å². The molecule has 0 radical (unpaired) electrons. The van der Waals surface area contributed by atoms with Crippen LogP contribution in [0.2, 0.25) is 0 Å². The third-order valence-corrected chi connectivity index (χ3v) is 4.40. The van der Waals surface area contributed by atoms with E-state index in [9.17, 15) is 28.7 Å². The average molecular weight is 380 g/mol. The molecule has 2 aromatic carbocycles. The SMILES string of the molecule is Cc1c(C(=O)c2ccccc2F)c(O)n(Cc2ccc(F)cc2)c(=O)c1C#N. The minimum atomic E-state index is -0.850. The minimum Gasteiger partial charge on any atom is -0.494 e. The van der Waals surface area contributed by atoms with Crippen molar-refractivity contribution < 1.29 is 18.7 Å². The fourth-order valence-corrected chi connectivity index (χ4v) is 2.92. The number of carbonyl (C=O) groups excluding carboxylic acids is 1. The lowest BCUT2D eigenvalue weighted by Gasteiger charge is -2.16. The first-order valence-corrected chi connectivity index (χ1v) is 8.25. The average Bonchev–Trinajstić information content (AvgIpc) is 2.67. The maximum atomic E-state index is 14.1. The number of nitrogens with zero attached hydrogens (tertiary/aromatic N) is 2. The fourth-order valence-electron chi connectivity index (χ4n) is 2.92. The summed E-state index contributed by atoms with van der Waals surface area (Å²) in [5.74, 6) is -2.80. The van der Waals surface area contributed by atoms with Crippen LogP contribution >= 0.6 is 0 Å². The van der Waals surface area contributed by atoms with Gasteiger partial charge in [0.1, 0.15) is 23.3 Å². The fraction of sp³-hybridized carbons (Fsp3) is 0.0952. The van der Waals surface area contributed by atoms with Crippen LogP contribution in [0.3, 0.4) is 0 Å². The first kappa shape index (κ1) is 19.0. The van der Waals surface area contributed by atoms with Crippen molar-refractivity contribution in [3.63, 3.8) is 0 Å². The maximum Gasteiger partial charge on any atom is 0.271 e. The highest BCUT2D eigenvalue weighted by Gasteiger charge is 2.26. The molecular formula is C21H14F2N2O3. The molecule has 0 aliphatic heterocycles. The molecule has 0 atom stereocenters. The minimum absolute atomic E-state index is 0.0337. The molecule has 140 valence electrons. The first-order valence-electron chi connectivity index (χ1n) is 8.25. The van der Waals surface area contributed by atoms with E-state index in [2.05, 4.69) is 0 Å². The lowest BCUT2D eigenvalue weighted by Crippen LogP contribution is -2.27. The largest absolute Gasteiger partial charge is 0.494 e. The van der Waals surface area contributed by atoms with E-state index in [0.717, 1.165) is 10.6 Å². The maximum absolute atomic E-state index is 14.1. The van der Waals surface area contributed by atoms with Crippen LogP contribution in [0.25, 0.3) is 0 Å². The smallest absolute Gasteiger partial charge is 0.271 e. The molecule has 0 amide bonds. The second kappa shape index (κ2) is 7.45. The number of aromatic nitrogens is 1. The van der Waals surface area contributed by atoms with E-state index in [4.69, 9.17) is 0 Å². The molecule has 0 spiro atoms. The van der Waals surface area contributed by atoms with Gasteiger partial charge in [-0.05, 0) is 42.3 Å². The van der Waals surface area contributed by atoms with Crippen LogP contribution in [-0.2, 0) is 6.54 Å². The molecule has 0 saturated heterocycles. The Labute approximate surface area is 158 Å². The summed E-state index contributed by atoms with van der Waals surface area (Å²) in [6.45, 7) is 1.15. The molecule has 0 fully saturated rings. The first-order chi connectivity index (χ1) is 13.3. The van der Waals surface area contributed by atoms with Gasteiger partial charge in [-0.25, -0.2) is 8.78 Å². The van der Waals surface area contributed by atoms with Crippen molar-refractivity contribution in [1.29, 1.82) is 5.26 Å². The molecule has 1 aromatic heterocycles.